The molecule has 2 N–H and O–H groups in total. The summed E-state index contributed by atoms with van der Waals surface area (Å²) in [5.41, 5.74) is 0. The van der Waals surface area contributed by atoms with E-state index in [2.05, 4.69) is 31.5 Å². The Balaban J connectivity index is 1.66. The van der Waals surface area contributed by atoms with Crippen LogP contribution in [0.4, 0.5) is 5.82 Å². The number of nitrogens with one attached hydrogen (secondary N) is 2. The maximum absolute atomic E-state index is 4.22. The van der Waals surface area contributed by atoms with Gasteiger partial charge in [-0.25, -0.2) is 4.98 Å². The summed E-state index contributed by atoms with van der Waals surface area (Å²) in [7, 11) is 0. The van der Waals surface area contributed by atoms with Crippen molar-refractivity contribution in [1.82, 2.24) is 10.3 Å². The van der Waals surface area contributed by atoms with Gasteiger partial charge in [-0.1, -0.05) is 0 Å². The molecular formula is C10H14BrN3. The van der Waals surface area contributed by atoms with Gasteiger partial charge in [0.05, 0.1) is 0 Å². The summed E-state index contributed by atoms with van der Waals surface area (Å²) in [6.45, 7) is 1.95. The van der Waals surface area contributed by atoms with E-state index in [1.54, 1.807) is 6.20 Å². The number of nitrogens with zero attached hydrogens (tertiary/aromatic N) is 1. The first-order valence-electron chi connectivity index (χ1n) is 4.93. The van der Waals surface area contributed by atoms with Crippen LogP contribution in [0.3, 0.4) is 0 Å². The molecule has 0 bridgehead atoms. The average molecular weight is 256 g/mol. The monoisotopic (exact) mass is 255 g/mol. The van der Waals surface area contributed by atoms with Crippen molar-refractivity contribution >= 4 is 21.7 Å². The van der Waals surface area contributed by atoms with Gasteiger partial charge in [0.1, 0.15) is 5.82 Å². The zero-order valence-corrected chi connectivity index (χ0v) is 9.55. The van der Waals surface area contributed by atoms with Crippen LogP contribution in [0.25, 0.3) is 0 Å². The molecule has 1 aromatic heterocycles. The molecule has 0 spiro atoms. The third-order valence-electron chi connectivity index (χ3n) is 2.17. The third-order valence-corrected chi connectivity index (χ3v) is 2.64. The fourth-order valence-corrected chi connectivity index (χ4v) is 1.47. The van der Waals surface area contributed by atoms with Crippen LogP contribution in [-0.2, 0) is 0 Å². The minimum absolute atomic E-state index is 0.787. The lowest BCUT2D eigenvalue weighted by Crippen LogP contribution is -2.24. The predicted molar refractivity (Wildman–Crippen MR) is 61.5 cm³/mol. The van der Waals surface area contributed by atoms with Crippen LogP contribution in [0.5, 0.6) is 0 Å². The normalized spacial score (nSPS) is 15.5. The van der Waals surface area contributed by atoms with Crippen LogP contribution in [0, 0.1) is 0 Å². The van der Waals surface area contributed by atoms with Gasteiger partial charge in [-0.3, -0.25) is 0 Å². The van der Waals surface area contributed by atoms with E-state index in [0.29, 0.717) is 0 Å². The quantitative estimate of drug-likeness (QED) is 0.791. The van der Waals surface area contributed by atoms with E-state index in [-0.39, 0.29) is 0 Å². The minimum Gasteiger partial charge on any atom is -0.369 e. The highest BCUT2D eigenvalue weighted by molar-refractivity contribution is 9.10. The zero-order chi connectivity index (χ0) is 9.80. The SMILES string of the molecule is Brc1ccc(NCCNC2CC2)nc1. The Morgan fingerprint density at radius 3 is 2.86 bits per heavy atom. The Kier molecular flexibility index (Phi) is 3.37. The van der Waals surface area contributed by atoms with Crippen molar-refractivity contribution in [2.45, 2.75) is 18.9 Å². The van der Waals surface area contributed by atoms with E-state index in [1.807, 2.05) is 12.1 Å². The Morgan fingerprint density at radius 2 is 2.21 bits per heavy atom. The molecule has 0 aromatic carbocycles. The summed E-state index contributed by atoms with van der Waals surface area (Å²) in [5, 5.41) is 6.70. The number of hydrogen-bond donors (Lipinski definition) is 2. The molecule has 1 aliphatic carbocycles. The van der Waals surface area contributed by atoms with Crippen LogP contribution in [-0.4, -0.2) is 24.1 Å². The van der Waals surface area contributed by atoms with Crippen molar-refractivity contribution in [3.05, 3.63) is 22.8 Å². The van der Waals surface area contributed by atoms with Gasteiger partial charge >= 0.3 is 0 Å². The predicted octanol–water partition coefficient (Wildman–Crippen LogP) is 2.01. The van der Waals surface area contributed by atoms with Crippen molar-refractivity contribution in [2.24, 2.45) is 0 Å². The Hall–Kier alpha value is -0.610. The third kappa shape index (κ3) is 3.27. The molecule has 0 aliphatic heterocycles. The van der Waals surface area contributed by atoms with Gasteiger partial charge in [-0.15, -0.1) is 0 Å². The minimum atomic E-state index is 0.787. The summed E-state index contributed by atoms with van der Waals surface area (Å²) in [5.74, 6) is 0.936. The van der Waals surface area contributed by atoms with E-state index < -0.39 is 0 Å². The summed E-state index contributed by atoms with van der Waals surface area (Å²) < 4.78 is 1.01. The van der Waals surface area contributed by atoms with E-state index in [4.69, 9.17) is 0 Å². The molecule has 0 saturated heterocycles. The first-order chi connectivity index (χ1) is 6.84. The van der Waals surface area contributed by atoms with E-state index in [0.717, 1.165) is 29.4 Å². The van der Waals surface area contributed by atoms with Gasteiger partial charge in [0.15, 0.2) is 0 Å². The van der Waals surface area contributed by atoms with Gasteiger partial charge in [0.25, 0.3) is 0 Å². The lowest BCUT2D eigenvalue weighted by molar-refractivity contribution is 0.700. The fraction of sp³-hybridized carbons (Fsp3) is 0.500. The zero-order valence-electron chi connectivity index (χ0n) is 7.96. The van der Waals surface area contributed by atoms with Gasteiger partial charge < -0.3 is 10.6 Å². The number of aromatic nitrogens is 1. The highest BCUT2D eigenvalue weighted by Gasteiger charge is 2.19. The van der Waals surface area contributed by atoms with E-state index in [1.165, 1.54) is 12.8 Å². The topological polar surface area (TPSA) is 37.0 Å². The van der Waals surface area contributed by atoms with Crippen LogP contribution >= 0.6 is 15.9 Å². The number of anilines is 1. The van der Waals surface area contributed by atoms with Crippen molar-refractivity contribution in [3.8, 4) is 0 Å². The van der Waals surface area contributed by atoms with Crippen LogP contribution in [0.2, 0.25) is 0 Å². The second-order valence-corrected chi connectivity index (χ2v) is 4.43. The number of pyridine rings is 1. The summed E-state index contributed by atoms with van der Waals surface area (Å²) in [6, 6.07) is 4.75. The maximum atomic E-state index is 4.22. The molecule has 14 heavy (non-hydrogen) atoms. The van der Waals surface area contributed by atoms with Crippen molar-refractivity contribution < 1.29 is 0 Å². The van der Waals surface area contributed by atoms with Crippen molar-refractivity contribution in [3.63, 3.8) is 0 Å². The molecule has 1 aliphatic rings. The van der Waals surface area contributed by atoms with E-state index in [9.17, 15) is 0 Å². The number of halogens is 1. The molecule has 0 atom stereocenters. The molecule has 3 nitrogen and oxygen atoms in total. The lowest BCUT2D eigenvalue weighted by atomic mass is 10.4. The van der Waals surface area contributed by atoms with Gasteiger partial charge in [0, 0.05) is 29.8 Å². The molecule has 0 amide bonds. The van der Waals surface area contributed by atoms with Gasteiger partial charge in [-0.2, -0.15) is 0 Å². The Bertz CT molecular complexity index is 282. The van der Waals surface area contributed by atoms with Gasteiger partial charge in [-0.05, 0) is 40.9 Å². The molecule has 2 rings (SSSR count). The smallest absolute Gasteiger partial charge is 0.126 e. The maximum Gasteiger partial charge on any atom is 0.126 e. The van der Waals surface area contributed by atoms with Crippen molar-refractivity contribution in [2.75, 3.05) is 18.4 Å². The van der Waals surface area contributed by atoms with E-state index >= 15 is 0 Å². The highest BCUT2D eigenvalue weighted by atomic mass is 79.9. The molecule has 1 saturated carbocycles. The van der Waals surface area contributed by atoms with Gasteiger partial charge in [0.2, 0.25) is 0 Å². The van der Waals surface area contributed by atoms with Crippen molar-refractivity contribution in [1.29, 1.82) is 0 Å². The second-order valence-electron chi connectivity index (χ2n) is 3.52. The molecule has 1 heterocycles. The molecule has 1 aromatic rings. The standard InChI is InChI=1S/C10H14BrN3/c11-8-1-4-10(14-7-8)13-6-5-12-9-2-3-9/h1,4,7,9,12H,2-3,5-6H2,(H,13,14). The fourth-order valence-electron chi connectivity index (χ4n) is 1.23. The number of rotatable bonds is 5. The lowest BCUT2D eigenvalue weighted by Gasteiger charge is -2.05. The molecule has 76 valence electrons. The molecule has 0 unspecified atom stereocenters. The highest BCUT2D eigenvalue weighted by Crippen LogP contribution is 2.17. The van der Waals surface area contributed by atoms with Crippen LogP contribution < -0.4 is 10.6 Å². The summed E-state index contributed by atoms with van der Waals surface area (Å²) >= 11 is 3.35. The second kappa shape index (κ2) is 4.75. The first kappa shape index (κ1) is 9.93. The van der Waals surface area contributed by atoms with Crippen LogP contribution in [0.1, 0.15) is 12.8 Å². The average Bonchev–Trinajstić information content (AvgIpc) is 2.99. The Labute approximate surface area is 92.4 Å². The largest absolute Gasteiger partial charge is 0.369 e. The summed E-state index contributed by atoms with van der Waals surface area (Å²) in [6.07, 6.45) is 4.49. The molecule has 0 radical (unpaired) electrons. The molecular weight excluding hydrogens is 242 g/mol. The Morgan fingerprint density at radius 1 is 1.36 bits per heavy atom. The summed E-state index contributed by atoms with van der Waals surface area (Å²) in [4.78, 5) is 4.22. The molecule has 1 fully saturated rings. The van der Waals surface area contributed by atoms with Crippen LogP contribution in [0.15, 0.2) is 22.8 Å². The first-order valence-corrected chi connectivity index (χ1v) is 5.73. The number of hydrogen-bond acceptors (Lipinski definition) is 3. The molecule has 4 heteroatoms.